The average Bonchev–Trinajstić information content (AvgIpc) is 3.41. The molecular formula is C19H18ClNO3. The summed E-state index contributed by atoms with van der Waals surface area (Å²) in [6.45, 7) is 1.20. The summed E-state index contributed by atoms with van der Waals surface area (Å²) >= 11 is 6.32. The third-order valence-corrected chi connectivity index (χ3v) is 4.91. The van der Waals surface area contributed by atoms with E-state index in [9.17, 15) is 4.79 Å². The minimum absolute atomic E-state index is 0.0231. The molecule has 1 saturated carbocycles. The number of carbonyl (C=O) groups is 1. The molecule has 1 N–H and O–H groups in total. The highest BCUT2D eigenvalue weighted by atomic mass is 35.5. The maximum atomic E-state index is 12.8. The van der Waals surface area contributed by atoms with E-state index in [0.717, 1.165) is 24.8 Å². The van der Waals surface area contributed by atoms with Crippen molar-refractivity contribution in [2.24, 2.45) is 0 Å². The van der Waals surface area contributed by atoms with Crippen LogP contribution in [-0.2, 0) is 10.2 Å². The van der Waals surface area contributed by atoms with Gasteiger partial charge in [-0.3, -0.25) is 4.79 Å². The molecule has 2 aromatic rings. The van der Waals surface area contributed by atoms with Crippen molar-refractivity contribution in [2.75, 3.05) is 18.5 Å². The van der Waals surface area contributed by atoms with E-state index in [1.54, 1.807) is 12.1 Å². The van der Waals surface area contributed by atoms with Gasteiger partial charge in [0.2, 0.25) is 5.91 Å². The Morgan fingerprint density at radius 3 is 2.38 bits per heavy atom. The highest BCUT2D eigenvalue weighted by Gasteiger charge is 2.51. The van der Waals surface area contributed by atoms with Crippen LogP contribution in [0, 0.1) is 0 Å². The Morgan fingerprint density at radius 1 is 1.04 bits per heavy atom. The molecule has 0 aromatic heterocycles. The number of hydrogen-bond acceptors (Lipinski definition) is 3. The Kier molecular flexibility index (Phi) is 3.85. The maximum absolute atomic E-state index is 12.8. The Morgan fingerprint density at radius 2 is 1.71 bits per heavy atom. The van der Waals surface area contributed by atoms with E-state index in [2.05, 4.69) is 5.32 Å². The van der Waals surface area contributed by atoms with Crippen LogP contribution < -0.4 is 14.8 Å². The summed E-state index contributed by atoms with van der Waals surface area (Å²) in [5.41, 5.74) is 1.18. The van der Waals surface area contributed by atoms with Crippen LogP contribution in [0.4, 0.5) is 5.69 Å². The molecule has 2 aliphatic rings. The number of amides is 1. The van der Waals surface area contributed by atoms with Crippen LogP contribution in [0.15, 0.2) is 42.5 Å². The van der Waals surface area contributed by atoms with Crippen molar-refractivity contribution in [3.8, 4) is 11.5 Å². The summed E-state index contributed by atoms with van der Waals surface area (Å²) in [7, 11) is 0. The van der Waals surface area contributed by atoms with Gasteiger partial charge in [-0.1, -0.05) is 41.9 Å². The van der Waals surface area contributed by atoms with Gasteiger partial charge >= 0.3 is 0 Å². The summed E-state index contributed by atoms with van der Waals surface area (Å²) in [4.78, 5) is 12.8. The first-order chi connectivity index (χ1) is 11.7. The minimum atomic E-state index is -0.436. The van der Waals surface area contributed by atoms with Crippen molar-refractivity contribution in [1.29, 1.82) is 0 Å². The third kappa shape index (κ3) is 2.71. The molecule has 0 unspecified atom stereocenters. The molecule has 4 nitrogen and oxygen atoms in total. The normalized spacial score (nSPS) is 17.7. The molecule has 1 heterocycles. The third-order valence-electron chi connectivity index (χ3n) is 4.60. The first-order valence-corrected chi connectivity index (χ1v) is 8.53. The second-order valence-electron chi connectivity index (χ2n) is 6.23. The number of carbonyl (C=O) groups excluding carboxylic acids is 1. The lowest BCUT2D eigenvalue weighted by atomic mass is 9.95. The molecule has 1 aliphatic carbocycles. The lowest BCUT2D eigenvalue weighted by Crippen LogP contribution is -2.27. The lowest BCUT2D eigenvalue weighted by Gasteiger charge is -2.17. The summed E-state index contributed by atoms with van der Waals surface area (Å²) in [6.07, 6.45) is 2.53. The van der Waals surface area contributed by atoms with Crippen LogP contribution in [0.1, 0.15) is 24.8 Å². The average molecular weight is 344 g/mol. The van der Waals surface area contributed by atoms with Crippen LogP contribution in [-0.4, -0.2) is 19.1 Å². The van der Waals surface area contributed by atoms with Gasteiger partial charge in [0.05, 0.1) is 29.3 Å². The van der Waals surface area contributed by atoms with E-state index in [1.807, 2.05) is 30.3 Å². The zero-order valence-corrected chi connectivity index (χ0v) is 13.9. The number of fused-ring (bicyclic) bond motifs is 1. The molecule has 1 aliphatic heterocycles. The van der Waals surface area contributed by atoms with Crippen LogP contribution in [0.2, 0.25) is 5.02 Å². The molecule has 2 aromatic carbocycles. The molecule has 24 heavy (non-hydrogen) atoms. The van der Waals surface area contributed by atoms with Gasteiger partial charge in [-0.05, 0) is 18.4 Å². The molecule has 5 heteroatoms. The van der Waals surface area contributed by atoms with Gasteiger partial charge in [0.1, 0.15) is 0 Å². The van der Waals surface area contributed by atoms with Gasteiger partial charge in [0, 0.05) is 18.6 Å². The van der Waals surface area contributed by atoms with Crippen molar-refractivity contribution >= 4 is 23.2 Å². The van der Waals surface area contributed by atoms with Gasteiger partial charge in [-0.25, -0.2) is 0 Å². The van der Waals surface area contributed by atoms with Crippen LogP contribution in [0.3, 0.4) is 0 Å². The smallest absolute Gasteiger partial charge is 0.235 e. The summed E-state index contributed by atoms with van der Waals surface area (Å²) < 4.78 is 11.3. The topological polar surface area (TPSA) is 47.6 Å². The summed E-state index contributed by atoms with van der Waals surface area (Å²) in [5.74, 6) is 1.22. The standard InChI is InChI=1S/C19H18ClNO3/c20-14-11-16-17(24-10-4-9-23-16)12-15(14)21-18(22)19(7-8-19)13-5-2-1-3-6-13/h1-3,5-6,11-12H,4,7-10H2,(H,21,22). The molecule has 0 atom stereocenters. The molecule has 0 bridgehead atoms. The van der Waals surface area contributed by atoms with Crippen molar-refractivity contribution < 1.29 is 14.3 Å². The Balaban J connectivity index is 1.59. The number of nitrogens with one attached hydrogen (secondary N) is 1. The molecular weight excluding hydrogens is 326 g/mol. The Hall–Kier alpha value is -2.20. The largest absolute Gasteiger partial charge is 0.490 e. The zero-order valence-electron chi connectivity index (χ0n) is 13.2. The number of anilines is 1. The van der Waals surface area contributed by atoms with E-state index >= 15 is 0 Å². The number of halogens is 1. The highest BCUT2D eigenvalue weighted by Crippen LogP contribution is 2.49. The molecule has 1 amide bonds. The molecule has 124 valence electrons. The Labute approximate surface area is 145 Å². The van der Waals surface area contributed by atoms with E-state index in [-0.39, 0.29) is 5.91 Å². The fourth-order valence-corrected chi connectivity index (χ4v) is 3.25. The molecule has 1 fully saturated rings. The van der Waals surface area contributed by atoms with Gasteiger partial charge < -0.3 is 14.8 Å². The summed E-state index contributed by atoms with van der Waals surface area (Å²) in [5, 5.41) is 3.43. The number of benzene rings is 2. The van der Waals surface area contributed by atoms with Gasteiger partial charge in [0.15, 0.2) is 11.5 Å². The fraction of sp³-hybridized carbons (Fsp3) is 0.316. The summed E-state index contributed by atoms with van der Waals surface area (Å²) in [6, 6.07) is 13.3. The molecule has 0 saturated heterocycles. The van der Waals surface area contributed by atoms with E-state index in [4.69, 9.17) is 21.1 Å². The van der Waals surface area contributed by atoms with Crippen molar-refractivity contribution in [3.63, 3.8) is 0 Å². The second kappa shape index (κ2) is 6.02. The van der Waals surface area contributed by atoms with Gasteiger partial charge in [0.25, 0.3) is 0 Å². The maximum Gasteiger partial charge on any atom is 0.235 e. The fourth-order valence-electron chi connectivity index (χ4n) is 3.05. The van der Waals surface area contributed by atoms with Gasteiger partial charge in [-0.15, -0.1) is 0 Å². The van der Waals surface area contributed by atoms with Crippen molar-refractivity contribution in [3.05, 3.63) is 53.1 Å². The van der Waals surface area contributed by atoms with Crippen LogP contribution >= 0.6 is 11.6 Å². The highest BCUT2D eigenvalue weighted by molar-refractivity contribution is 6.34. The lowest BCUT2D eigenvalue weighted by molar-refractivity contribution is -0.118. The minimum Gasteiger partial charge on any atom is -0.490 e. The van der Waals surface area contributed by atoms with E-state index in [0.29, 0.717) is 35.4 Å². The van der Waals surface area contributed by atoms with Gasteiger partial charge in [-0.2, -0.15) is 0 Å². The van der Waals surface area contributed by atoms with Crippen molar-refractivity contribution in [1.82, 2.24) is 0 Å². The van der Waals surface area contributed by atoms with E-state index in [1.165, 1.54) is 0 Å². The first kappa shape index (κ1) is 15.3. The number of hydrogen-bond donors (Lipinski definition) is 1. The monoisotopic (exact) mass is 343 g/mol. The predicted molar refractivity (Wildman–Crippen MR) is 93.0 cm³/mol. The quantitative estimate of drug-likeness (QED) is 0.909. The molecule has 0 spiro atoms. The SMILES string of the molecule is O=C(Nc1cc2c(cc1Cl)OCCCO2)C1(c2ccccc2)CC1. The van der Waals surface area contributed by atoms with Crippen molar-refractivity contribution in [2.45, 2.75) is 24.7 Å². The van der Waals surface area contributed by atoms with E-state index < -0.39 is 5.41 Å². The first-order valence-electron chi connectivity index (χ1n) is 8.15. The number of ether oxygens (including phenoxy) is 2. The van der Waals surface area contributed by atoms with Crippen LogP contribution in [0.5, 0.6) is 11.5 Å². The predicted octanol–water partition coefficient (Wildman–Crippen LogP) is 4.17. The zero-order chi connectivity index (χ0) is 16.6. The molecule has 4 rings (SSSR count). The van der Waals surface area contributed by atoms with Crippen LogP contribution in [0.25, 0.3) is 0 Å². The Bertz CT molecular complexity index is 772. The number of rotatable bonds is 3. The molecule has 0 radical (unpaired) electrons. The second-order valence-corrected chi connectivity index (χ2v) is 6.64.